The van der Waals surface area contributed by atoms with Gasteiger partial charge in [-0.1, -0.05) is 17.7 Å². The number of hydrogen-bond acceptors (Lipinski definition) is 2. The summed E-state index contributed by atoms with van der Waals surface area (Å²) in [6.07, 6.45) is 0. The van der Waals surface area contributed by atoms with Gasteiger partial charge in [-0.15, -0.1) is 0 Å². The van der Waals surface area contributed by atoms with E-state index < -0.39 is 0 Å². The summed E-state index contributed by atoms with van der Waals surface area (Å²) < 4.78 is 13.7. The Morgan fingerprint density at radius 1 is 1.53 bits per heavy atom. The molecule has 0 spiro atoms. The van der Waals surface area contributed by atoms with Gasteiger partial charge in [0.05, 0.1) is 6.04 Å². The topological polar surface area (TPSA) is 15.3 Å². The van der Waals surface area contributed by atoms with E-state index in [0.29, 0.717) is 10.6 Å². The smallest absolute Gasteiger partial charge is 0.129 e. The van der Waals surface area contributed by atoms with Crippen LogP contribution in [-0.4, -0.2) is 31.6 Å². The molecular weight excluding hydrogens is 215 g/mol. The first kappa shape index (κ1) is 10.9. The van der Waals surface area contributed by atoms with Gasteiger partial charge in [0.15, 0.2) is 0 Å². The summed E-state index contributed by atoms with van der Waals surface area (Å²) >= 11 is 6.03. The number of nitrogens with one attached hydrogen (secondary N) is 1. The van der Waals surface area contributed by atoms with E-state index >= 15 is 0 Å². The molecular formula is C11H14ClFN2. The van der Waals surface area contributed by atoms with E-state index in [1.807, 2.05) is 7.05 Å². The van der Waals surface area contributed by atoms with Gasteiger partial charge < -0.3 is 5.32 Å². The molecule has 82 valence electrons. The molecule has 2 nitrogen and oxygen atoms in total. The molecule has 0 amide bonds. The fourth-order valence-corrected chi connectivity index (χ4v) is 2.25. The van der Waals surface area contributed by atoms with Crippen molar-refractivity contribution in [2.24, 2.45) is 0 Å². The van der Waals surface area contributed by atoms with Crippen LogP contribution in [0.4, 0.5) is 4.39 Å². The molecule has 0 aromatic heterocycles. The van der Waals surface area contributed by atoms with E-state index in [2.05, 4.69) is 10.2 Å². The third-order valence-corrected chi connectivity index (χ3v) is 3.17. The second-order valence-corrected chi connectivity index (χ2v) is 4.24. The molecule has 1 aromatic carbocycles. The standard InChI is InChI=1S/C11H14ClFN2/c1-15-6-5-14-7-10(15)11-8(12)3-2-4-9(11)13/h2-4,10,14H,5-7H2,1H3. The van der Waals surface area contributed by atoms with Gasteiger partial charge in [0.25, 0.3) is 0 Å². The molecule has 4 heteroatoms. The lowest BCUT2D eigenvalue weighted by Gasteiger charge is -2.33. The molecule has 1 aliphatic rings. The Morgan fingerprint density at radius 3 is 3.00 bits per heavy atom. The van der Waals surface area contributed by atoms with Crippen LogP contribution in [0.3, 0.4) is 0 Å². The van der Waals surface area contributed by atoms with Gasteiger partial charge in [0.1, 0.15) is 5.82 Å². The van der Waals surface area contributed by atoms with Gasteiger partial charge in [-0.25, -0.2) is 4.39 Å². The highest BCUT2D eigenvalue weighted by Crippen LogP contribution is 2.29. The highest BCUT2D eigenvalue weighted by atomic mass is 35.5. The zero-order valence-electron chi connectivity index (χ0n) is 8.63. The van der Waals surface area contributed by atoms with Gasteiger partial charge in [0, 0.05) is 30.2 Å². The first-order chi connectivity index (χ1) is 7.20. The van der Waals surface area contributed by atoms with E-state index in [0.717, 1.165) is 19.6 Å². The zero-order valence-corrected chi connectivity index (χ0v) is 9.39. The first-order valence-electron chi connectivity index (χ1n) is 5.05. The molecule has 1 N–H and O–H groups in total. The van der Waals surface area contributed by atoms with E-state index in [1.165, 1.54) is 6.07 Å². The Bertz CT molecular complexity index is 336. The number of benzene rings is 1. The van der Waals surface area contributed by atoms with E-state index in [4.69, 9.17) is 11.6 Å². The normalized spacial score (nSPS) is 23.0. The zero-order chi connectivity index (χ0) is 10.8. The number of hydrogen-bond donors (Lipinski definition) is 1. The van der Waals surface area contributed by atoms with E-state index in [1.54, 1.807) is 12.1 Å². The molecule has 0 aliphatic carbocycles. The van der Waals surface area contributed by atoms with Crippen LogP contribution in [0.15, 0.2) is 18.2 Å². The second kappa shape index (κ2) is 4.47. The highest BCUT2D eigenvalue weighted by Gasteiger charge is 2.24. The van der Waals surface area contributed by atoms with Crippen LogP contribution in [-0.2, 0) is 0 Å². The van der Waals surface area contributed by atoms with Gasteiger partial charge in [-0.3, -0.25) is 4.90 Å². The molecule has 15 heavy (non-hydrogen) atoms. The molecule has 1 heterocycles. The Labute approximate surface area is 94.0 Å². The quantitative estimate of drug-likeness (QED) is 0.792. The van der Waals surface area contributed by atoms with Crippen molar-refractivity contribution in [2.45, 2.75) is 6.04 Å². The molecule has 1 saturated heterocycles. The number of rotatable bonds is 1. The van der Waals surface area contributed by atoms with Crippen LogP contribution in [0.1, 0.15) is 11.6 Å². The van der Waals surface area contributed by atoms with Crippen molar-refractivity contribution < 1.29 is 4.39 Å². The van der Waals surface area contributed by atoms with Crippen molar-refractivity contribution in [3.63, 3.8) is 0 Å². The number of halogens is 2. The number of piperazine rings is 1. The van der Waals surface area contributed by atoms with Crippen LogP contribution in [0.25, 0.3) is 0 Å². The molecule has 0 radical (unpaired) electrons. The van der Waals surface area contributed by atoms with Gasteiger partial charge in [0.2, 0.25) is 0 Å². The fourth-order valence-electron chi connectivity index (χ4n) is 1.96. The fraction of sp³-hybridized carbons (Fsp3) is 0.455. The molecule has 0 bridgehead atoms. The summed E-state index contributed by atoms with van der Waals surface area (Å²) in [5, 5.41) is 3.76. The van der Waals surface area contributed by atoms with Gasteiger partial charge >= 0.3 is 0 Å². The summed E-state index contributed by atoms with van der Waals surface area (Å²) in [4.78, 5) is 2.13. The average molecular weight is 229 g/mol. The minimum Gasteiger partial charge on any atom is -0.314 e. The van der Waals surface area contributed by atoms with Crippen molar-refractivity contribution in [3.8, 4) is 0 Å². The van der Waals surface area contributed by atoms with Gasteiger partial charge in [-0.05, 0) is 19.2 Å². The monoisotopic (exact) mass is 228 g/mol. The molecule has 1 atom stereocenters. The van der Waals surface area contributed by atoms with Crippen LogP contribution in [0.2, 0.25) is 5.02 Å². The summed E-state index contributed by atoms with van der Waals surface area (Å²) in [5.41, 5.74) is 0.605. The Balaban J connectivity index is 2.35. The lowest BCUT2D eigenvalue weighted by atomic mass is 10.0. The molecule has 1 unspecified atom stereocenters. The molecule has 1 aromatic rings. The summed E-state index contributed by atoms with van der Waals surface area (Å²) in [6.45, 7) is 2.60. The maximum atomic E-state index is 13.7. The van der Waals surface area contributed by atoms with Crippen molar-refractivity contribution >= 4 is 11.6 Å². The predicted molar refractivity (Wildman–Crippen MR) is 59.7 cm³/mol. The third-order valence-electron chi connectivity index (χ3n) is 2.84. The number of likely N-dealkylation sites (N-methyl/N-ethyl adjacent to an activating group) is 1. The Morgan fingerprint density at radius 2 is 2.33 bits per heavy atom. The van der Waals surface area contributed by atoms with Gasteiger partial charge in [-0.2, -0.15) is 0 Å². The van der Waals surface area contributed by atoms with Crippen LogP contribution in [0, 0.1) is 5.82 Å². The molecule has 2 rings (SSSR count). The molecule has 1 aliphatic heterocycles. The predicted octanol–water partition coefficient (Wildman–Crippen LogP) is 2.06. The minimum atomic E-state index is -0.219. The molecule has 1 fully saturated rings. The summed E-state index contributed by atoms with van der Waals surface area (Å²) in [7, 11) is 1.99. The van der Waals surface area contributed by atoms with Crippen molar-refractivity contribution in [3.05, 3.63) is 34.6 Å². The van der Waals surface area contributed by atoms with E-state index in [-0.39, 0.29) is 11.9 Å². The summed E-state index contributed by atoms with van der Waals surface area (Å²) in [6, 6.07) is 4.87. The SMILES string of the molecule is CN1CCNCC1c1c(F)cccc1Cl. The largest absolute Gasteiger partial charge is 0.314 e. The second-order valence-electron chi connectivity index (χ2n) is 3.84. The number of nitrogens with zero attached hydrogens (tertiary/aromatic N) is 1. The maximum Gasteiger partial charge on any atom is 0.129 e. The Hall–Kier alpha value is -0.640. The van der Waals surface area contributed by atoms with Crippen molar-refractivity contribution in [2.75, 3.05) is 26.7 Å². The highest BCUT2D eigenvalue weighted by molar-refractivity contribution is 6.31. The average Bonchev–Trinajstić information content (AvgIpc) is 2.20. The van der Waals surface area contributed by atoms with Crippen LogP contribution >= 0.6 is 11.6 Å². The molecule has 0 saturated carbocycles. The lowest BCUT2D eigenvalue weighted by molar-refractivity contribution is 0.198. The minimum absolute atomic E-state index is 0.0347. The van der Waals surface area contributed by atoms with Crippen LogP contribution < -0.4 is 5.32 Å². The Kier molecular flexibility index (Phi) is 3.24. The van der Waals surface area contributed by atoms with Crippen LogP contribution in [0.5, 0.6) is 0 Å². The summed E-state index contributed by atoms with van der Waals surface area (Å²) in [5.74, 6) is -0.219. The van der Waals surface area contributed by atoms with E-state index in [9.17, 15) is 4.39 Å². The lowest BCUT2D eigenvalue weighted by Crippen LogP contribution is -2.44. The third kappa shape index (κ3) is 2.14. The first-order valence-corrected chi connectivity index (χ1v) is 5.43. The van der Waals surface area contributed by atoms with Crippen molar-refractivity contribution in [1.29, 1.82) is 0 Å². The maximum absolute atomic E-state index is 13.7. The van der Waals surface area contributed by atoms with Crippen molar-refractivity contribution in [1.82, 2.24) is 10.2 Å².